The highest BCUT2D eigenvalue weighted by molar-refractivity contribution is 5.68. The van der Waals surface area contributed by atoms with Crippen LogP contribution in [0.5, 0.6) is 0 Å². The SMILES string of the molecule is CC(C)(C)OC(=O)N1CCc2oc(C(F)(F)F)nc2C1. The lowest BCUT2D eigenvalue weighted by Gasteiger charge is -2.28. The molecule has 0 aliphatic carbocycles. The molecule has 0 spiro atoms. The summed E-state index contributed by atoms with van der Waals surface area (Å²) in [7, 11) is 0. The molecule has 1 aromatic heterocycles. The lowest BCUT2D eigenvalue weighted by atomic mass is 10.2. The van der Waals surface area contributed by atoms with Crippen molar-refractivity contribution >= 4 is 6.09 Å². The summed E-state index contributed by atoms with van der Waals surface area (Å²) >= 11 is 0. The van der Waals surface area contributed by atoms with Gasteiger partial charge in [0.15, 0.2) is 0 Å². The summed E-state index contributed by atoms with van der Waals surface area (Å²) in [4.78, 5) is 16.6. The Kier molecular flexibility index (Phi) is 3.43. The minimum Gasteiger partial charge on any atom is -0.444 e. The largest absolute Gasteiger partial charge is 0.468 e. The molecule has 0 atom stereocenters. The first-order valence-electron chi connectivity index (χ1n) is 6.10. The van der Waals surface area contributed by atoms with Gasteiger partial charge in [-0.1, -0.05) is 0 Å². The van der Waals surface area contributed by atoms with Crippen LogP contribution in [-0.4, -0.2) is 28.1 Å². The molecule has 0 bridgehead atoms. The second kappa shape index (κ2) is 4.68. The first kappa shape index (κ1) is 14.7. The van der Waals surface area contributed by atoms with Crippen LogP contribution >= 0.6 is 0 Å². The topological polar surface area (TPSA) is 55.6 Å². The fourth-order valence-electron chi connectivity index (χ4n) is 1.80. The van der Waals surface area contributed by atoms with Gasteiger partial charge >= 0.3 is 18.2 Å². The number of halogens is 3. The number of alkyl halides is 3. The molecule has 2 heterocycles. The number of fused-ring (bicyclic) bond motifs is 1. The molecular weight excluding hydrogens is 277 g/mol. The zero-order valence-electron chi connectivity index (χ0n) is 11.4. The molecule has 1 amide bonds. The van der Waals surface area contributed by atoms with E-state index < -0.39 is 23.8 Å². The van der Waals surface area contributed by atoms with Gasteiger partial charge in [0.05, 0.1) is 6.54 Å². The Morgan fingerprint density at radius 3 is 2.55 bits per heavy atom. The van der Waals surface area contributed by atoms with Crippen LogP contribution < -0.4 is 0 Å². The van der Waals surface area contributed by atoms with E-state index in [2.05, 4.69) is 9.40 Å². The Hall–Kier alpha value is -1.73. The van der Waals surface area contributed by atoms with Crippen molar-refractivity contribution in [2.75, 3.05) is 6.54 Å². The number of hydrogen-bond donors (Lipinski definition) is 0. The number of hydrogen-bond acceptors (Lipinski definition) is 4. The van der Waals surface area contributed by atoms with Crippen LogP contribution in [0.2, 0.25) is 0 Å². The molecule has 1 aliphatic rings. The van der Waals surface area contributed by atoms with E-state index in [1.54, 1.807) is 20.8 Å². The van der Waals surface area contributed by atoms with Crippen LogP contribution in [0.4, 0.5) is 18.0 Å². The minimum atomic E-state index is -4.62. The van der Waals surface area contributed by atoms with Crippen molar-refractivity contribution in [1.29, 1.82) is 0 Å². The number of oxazole rings is 1. The molecule has 0 unspecified atom stereocenters. The van der Waals surface area contributed by atoms with Crippen LogP contribution in [0.3, 0.4) is 0 Å². The number of aromatic nitrogens is 1. The zero-order chi connectivity index (χ0) is 15.1. The average Bonchev–Trinajstić information content (AvgIpc) is 2.68. The van der Waals surface area contributed by atoms with Crippen LogP contribution in [-0.2, 0) is 23.9 Å². The number of ether oxygens (including phenoxy) is 1. The molecule has 1 aliphatic heterocycles. The van der Waals surface area contributed by atoms with Gasteiger partial charge in [0, 0.05) is 13.0 Å². The number of amides is 1. The molecular formula is C12H15F3N2O3. The monoisotopic (exact) mass is 292 g/mol. The fourth-order valence-corrected chi connectivity index (χ4v) is 1.80. The summed E-state index contributed by atoms with van der Waals surface area (Å²) in [6, 6.07) is 0. The second-order valence-electron chi connectivity index (χ2n) is 5.54. The molecule has 5 nitrogen and oxygen atoms in total. The van der Waals surface area contributed by atoms with Crippen molar-refractivity contribution < 1.29 is 27.1 Å². The van der Waals surface area contributed by atoms with Crippen molar-refractivity contribution in [3.8, 4) is 0 Å². The summed E-state index contributed by atoms with van der Waals surface area (Å²) in [6.07, 6.45) is -4.99. The Morgan fingerprint density at radius 1 is 1.35 bits per heavy atom. The van der Waals surface area contributed by atoms with Gasteiger partial charge in [0.1, 0.15) is 17.1 Å². The maximum Gasteiger partial charge on any atom is 0.468 e. The quantitative estimate of drug-likeness (QED) is 0.737. The van der Waals surface area contributed by atoms with Gasteiger partial charge in [-0.3, -0.25) is 0 Å². The van der Waals surface area contributed by atoms with E-state index in [0.717, 1.165) is 0 Å². The summed E-state index contributed by atoms with van der Waals surface area (Å²) in [5.41, 5.74) is -0.521. The van der Waals surface area contributed by atoms with Crippen molar-refractivity contribution in [2.24, 2.45) is 0 Å². The van der Waals surface area contributed by atoms with E-state index in [9.17, 15) is 18.0 Å². The Balaban J connectivity index is 2.11. The molecule has 0 radical (unpaired) electrons. The standard InChI is InChI=1S/C12H15F3N2O3/c1-11(2,3)20-10(18)17-5-4-8-7(6-17)16-9(19-8)12(13,14)15/h4-6H2,1-3H3. The molecule has 8 heteroatoms. The van der Waals surface area contributed by atoms with Gasteiger partial charge in [-0.15, -0.1) is 0 Å². The minimum absolute atomic E-state index is 0.0379. The number of carbonyl (C=O) groups excluding carboxylic acids is 1. The van der Waals surface area contributed by atoms with E-state index >= 15 is 0 Å². The molecule has 20 heavy (non-hydrogen) atoms. The molecule has 112 valence electrons. The summed E-state index contributed by atoms with van der Waals surface area (Å²) in [5, 5.41) is 0. The van der Waals surface area contributed by atoms with Crippen molar-refractivity contribution in [1.82, 2.24) is 9.88 Å². The third-order valence-electron chi connectivity index (χ3n) is 2.62. The summed E-state index contributed by atoms with van der Waals surface area (Å²) in [6.45, 7) is 5.37. The van der Waals surface area contributed by atoms with Gasteiger partial charge in [-0.2, -0.15) is 13.2 Å². The van der Waals surface area contributed by atoms with E-state index in [1.165, 1.54) is 4.90 Å². The van der Waals surface area contributed by atoms with Crippen molar-refractivity contribution in [3.05, 3.63) is 17.3 Å². The first-order valence-corrected chi connectivity index (χ1v) is 6.10. The highest BCUT2D eigenvalue weighted by atomic mass is 19.4. The van der Waals surface area contributed by atoms with Gasteiger partial charge in [-0.25, -0.2) is 9.78 Å². The van der Waals surface area contributed by atoms with Crippen LogP contribution in [0.1, 0.15) is 38.1 Å². The maximum absolute atomic E-state index is 12.5. The third-order valence-corrected chi connectivity index (χ3v) is 2.62. The fraction of sp³-hybridized carbons (Fsp3) is 0.667. The van der Waals surface area contributed by atoms with Gasteiger partial charge in [0.2, 0.25) is 0 Å². The predicted molar refractivity (Wildman–Crippen MR) is 61.9 cm³/mol. The molecule has 0 fully saturated rings. The number of nitrogens with zero attached hydrogens (tertiary/aromatic N) is 2. The first-order chi connectivity index (χ1) is 9.06. The number of rotatable bonds is 0. The Labute approximate surface area is 113 Å². The molecule has 0 saturated heterocycles. The Bertz CT molecular complexity index is 517. The highest BCUT2D eigenvalue weighted by Gasteiger charge is 2.40. The molecule has 0 aromatic carbocycles. The van der Waals surface area contributed by atoms with E-state index in [4.69, 9.17) is 4.74 Å². The van der Waals surface area contributed by atoms with E-state index in [1.807, 2.05) is 0 Å². The normalized spacial score (nSPS) is 16.0. The molecule has 0 saturated carbocycles. The average molecular weight is 292 g/mol. The smallest absolute Gasteiger partial charge is 0.444 e. The maximum atomic E-state index is 12.5. The van der Waals surface area contributed by atoms with Gasteiger partial charge in [0.25, 0.3) is 0 Å². The van der Waals surface area contributed by atoms with Gasteiger partial charge in [-0.05, 0) is 20.8 Å². The lowest BCUT2D eigenvalue weighted by Crippen LogP contribution is -2.39. The third kappa shape index (κ3) is 3.23. The zero-order valence-corrected chi connectivity index (χ0v) is 11.4. The van der Waals surface area contributed by atoms with Crippen LogP contribution in [0.15, 0.2) is 4.42 Å². The van der Waals surface area contributed by atoms with Crippen LogP contribution in [0, 0.1) is 0 Å². The van der Waals surface area contributed by atoms with Crippen molar-refractivity contribution in [3.63, 3.8) is 0 Å². The molecule has 2 rings (SSSR count). The summed E-state index contributed by atoms with van der Waals surface area (Å²) in [5.74, 6) is -1.09. The predicted octanol–water partition coefficient (Wildman–Crippen LogP) is 2.99. The van der Waals surface area contributed by atoms with Gasteiger partial charge < -0.3 is 14.1 Å². The summed E-state index contributed by atoms with van der Waals surface area (Å²) < 4.78 is 47.3. The molecule has 0 N–H and O–H groups in total. The Morgan fingerprint density at radius 2 is 2.00 bits per heavy atom. The van der Waals surface area contributed by atoms with E-state index in [-0.39, 0.29) is 31.0 Å². The number of carbonyl (C=O) groups is 1. The molecule has 1 aromatic rings. The second-order valence-corrected chi connectivity index (χ2v) is 5.54. The van der Waals surface area contributed by atoms with Crippen molar-refractivity contribution in [2.45, 2.75) is 45.5 Å². The van der Waals surface area contributed by atoms with E-state index in [0.29, 0.717) is 0 Å². The highest BCUT2D eigenvalue weighted by Crippen LogP contribution is 2.32. The van der Waals surface area contributed by atoms with Crippen LogP contribution in [0.25, 0.3) is 0 Å². The lowest BCUT2D eigenvalue weighted by molar-refractivity contribution is -0.157.